The Kier molecular flexibility index (Phi) is 4.10. The molecule has 4 amide bonds. The molecule has 3 fully saturated rings. The third-order valence-corrected chi connectivity index (χ3v) is 5.51. The second kappa shape index (κ2) is 5.89. The van der Waals surface area contributed by atoms with Gasteiger partial charge in [0.2, 0.25) is 5.91 Å². The number of rotatable bonds is 3. The van der Waals surface area contributed by atoms with E-state index in [2.05, 4.69) is 5.32 Å². The fraction of sp³-hybridized carbons (Fsp3) is 0.812. The molecule has 0 radical (unpaired) electrons. The molecule has 2 saturated carbocycles. The SMILES string of the molecule is CN1C(=O)N(CC(=O)NC2CCCC2)C(=O)C12CCCCC2. The minimum Gasteiger partial charge on any atom is -0.352 e. The first-order valence-corrected chi connectivity index (χ1v) is 8.44. The van der Waals surface area contributed by atoms with Crippen LogP contribution in [0.15, 0.2) is 0 Å². The molecule has 1 spiro atoms. The zero-order chi connectivity index (χ0) is 15.7. The number of urea groups is 1. The molecule has 0 aromatic heterocycles. The lowest BCUT2D eigenvalue weighted by atomic mass is 9.81. The Morgan fingerprint density at radius 2 is 1.77 bits per heavy atom. The Morgan fingerprint density at radius 1 is 1.14 bits per heavy atom. The predicted octanol–water partition coefficient (Wildman–Crippen LogP) is 1.64. The van der Waals surface area contributed by atoms with Crippen LogP contribution in [-0.2, 0) is 9.59 Å². The summed E-state index contributed by atoms with van der Waals surface area (Å²) in [6.07, 6.45) is 8.74. The van der Waals surface area contributed by atoms with Crippen molar-refractivity contribution in [3.63, 3.8) is 0 Å². The highest BCUT2D eigenvalue weighted by Gasteiger charge is 2.55. The number of likely N-dealkylation sites (N-methyl/N-ethyl adjacent to an activating group) is 1. The van der Waals surface area contributed by atoms with Gasteiger partial charge in [-0.15, -0.1) is 0 Å². The van der Waals surface area contributed by atoms with Crippen molar-refractivity contribution in [1.29, 1.82) is 0 Å². The molecule has 2 aliphatic carbocycles. The second-order valence-electron chi connectivity index (χ2n) is 6.87. The highest BCUT2D eigenvalue weighted by molar-refractivity contribution is 6.08. The molecule has 22 heavy (non-hydrogen) atoms. The molecule has 0 unspecified atom stereocenters. The van der Waals surface area contributed by atoms with Crippen LogP contribution < -0.4 is 5.32 Å². The summed E-state index contributed by atoms with van der Waals surface area (Å²) in [4.78, 5) is 40.0. The highest BCUT2D eigenvalue weighted by atomic mass is 16.2. The molecule has 3 rings (SSSR count). The first kappa shape index (κ1) is 15.3. The molecule has 122 valence electrons. The number of hydrogen-bond donors (Lipinski definition) is 1. The highest BCUT2D eigenvalue weighted by Crippen LogP contribution is 2.39. The zero-order valence-corrected chi connectivity index (χ0v) is 13.3. The van der Waals surface area contributed by atoms with Crippen molar-refractivity contribution in [1.82, 2.24) is 15.1 Å². The molecule has 1 heterocycles. The van der Waals surface area contributed by atoms with Crippen LogP contribution in [-0.4, -0.2) is 52.8 Å². The summed E-state index contributed by atoms with van der Waals surface area (Å²) in [5.74, 6) is -0.392. The van der Waals surface area contributed by atoms with Gasteiger partial charge in [0.05, 0.1) is 0 Å². The van der Waals surface area contributed by atoms with E-state index in [0.717, 1.165) is 62.7 Å². The van der Waals surface area contributed by atoms with Crippen LogP contribution in [0.2, 0.25) is 0 Å². The first-order chi connectivity index (χ1) is 10.5. The molecule has 1 saturated heterocycles. The molecule has 0 aromatic carbocycles. The van der Waals surface area contributed by atoms with Crippen LogP contribution in [0, 0.1) is 0 Å². The number of imide groups is 1. The zero-order valence-electron chi connectivity index (χ0n) is 13.3. The third kappa shape index (κ3) is 2.48. The van der Waals surface area contributed by atoms with Crippen molar-refractivity contribution in [2.45, 2.75) is 69.4 Å². The number of amides is 4. The van der Waals surface area contributed by atoms with Crippen LogP contribution in [0.25, 0.3) is 0 Å². The predicted molar refractivity (Wildman–Crippen MR) is 81.1 cm³/mol. The van der Waals surface area contributed by atoms with Crippen molar-refractivity contribution in [3.05, 3.63) is 0 Å². The van der Waals surface area contributed by atoms with Crippen LogP contribution in [0.1, 0.15) is 57.8 Å². The Morgan fingerprint density at radius 3 is 2.41 bits per heavy atom. The van der Waals surface area contributed by atoms with Crippen molar-refractivity contribution in [2.24, 2.45) is 0 Å². The van der Waals surface area contributed by atoms with E-state index in [1.807, 2.05) is 0 Å². The van der Waals surface area contributed by atoms with Gasteiger partial charge in [-0.2, -0.15) is 0 Å². The monoisotopic (exact) mass is 307 g/mol. The van der Waals surface area contributed by atoms with Gasteiger partial charge in [-0.1, -0.05) is 32.1 Å². The van der Waals surface area contributed by atoms with Crippen molar-refractivity contribution in [2.75, 3.05) is 13.6 Å². The Balaban J connectivity index is 1.67. The average Bonchev–Trinajstić information content (AvgIpc) is 3.08. The lowest BCUT2D eigenvalue weighted by Crippen LogP contribution is -2.49. The van der Waals surface area contributed by atoms with Gasteiger partial charge in [0, 0.05) is 13.1 Å². The number of carbonyl (C=O) groups is 3. The maximum absolute atomic E-state index is 12.8. The van der Waals surface area contributed by atoms with E-state index in [4.69, 9.17) is 0 Å². The topological polar surface area (TPSA) is 69.7 Å². The van der Waals surface area contributed by atoms with Crippen LogP contribution in [0.5, 0.6) is 0 Å². The maximum Gasteiger partial charge on any atom is 0.327 e. The van der Waals surface area contributed by atoms with Gasteiger partial charge in [-0.05, 0) is 25.7 Å². The van der Waals surface area contributed by atoms with E-state index >= 15 is 0 Å². The lowest BCUT2D eigenvalue weighted by Gasteiger charge is -2.35. The first-order valence-electron chi connectivity index (χ1n) is 8.44. The summed E-state index contributed by atoms with van der Waals surface area (Å²) in [5.41, 5.74) is -0.691. The van der Waals surface area contributed by atoms with Gasteiger partial charge in [-0.25, -0.2) is 4.79 Å². The standard InChI is InChI=1S/C16H25N3O3/c1-18-15(22)19(11-13(20)17-12-7-3-4-8-12)14(21)16(18)9-5-2-6-10-16/h12H,2-11H2,1H3,(H,17,20). The fourth-order valence-corrected chi connectivity index (χ4v) is 4.16. The average molecular weight is 307 g/mol. The van der Waals surface area contributed by atoms with Crippen LogP contribution in [0.4, 0.5) is 4.79 Å². The summed E-state index contributed by atoms with van der Waals surface area (Å²) in [6.45, 7) is -0.139. The summed E-state index contributed by atoms with van der Waals surface area (Å²) >= 11 is 0. The van der Waals surface area contributed by atoms with Gasteiger partial charge in [0.15, 0.2) is 0 Å². The molecule has 0 atom stereocenters. The molecule has 1 aliphatic heterocycles. The quantitative estimate of drug-likeness (QED) is 0.806. The number of nitrogens with zero attached hydrogens (tertiary/aromatic N) is 2. The van der Waals surface area contributed by atoms with E-state index < -0.39 is 5.54 Å². The summed E-state index contributed by atoms with van der Waals surface area (Å²) in [5, 5.41) is 2.95. The summed E-state index contributed by atoms with van der Waals surface area (Å²) in [7, 11) is 1.69. The van der Waals surface area contributed by atoms with Gasteiger partial charge >= 0.3 is 6.03 Å². The minimum absolute atomic E-state index is 0.139. The summed E-state index contributed by atoms with van der Waals surface area (Å²) < 4.78 is 0. The molecule has 0 aromatic rings. The lowest BCUT2D eigenvalue weighted by molar-refractivity contribution is -0.137. The van der Waals surface area contributed by atoms with E-state index in [1.54, 1.807) is 11.9 Å². The Labute approximate surface area is 131 Å². The molecule has 1 N–H and O–H groups in total. The fourth-order valence-electron chi connectivity index (χ4n) is 4.16. The molecule has 6 heteroatoms. The van der Waals surface area contributed by atoms with Gasteiger partial charge in [0.1, 0.15) is 12.1 Å². The molecule has 3 aliphatic rings. The second-order valence-corrected chi connectivity index (χ2v) is 6.87. The van der Waals surface area contributed by atoms with Crippen molar-refractivity contribution < 1.29 is 14.4 Å². The van der Waals surface area contributed by atoms with Crippen LogP contribution >= 0.6 is 0 Å². The smallest absolute Gasteiger partial charge is 0.327 e. The van der Waals surface area contributed by atoms with E-state index in [9.17, 15) is 14.4 Å². The minimum atomic E-state index is -0.691. The number of hydrogen-bond acceptors (Lipinski definition) is 3. The number of nitrogens with one attached hydrogen (secondary N) is 1. The number of carbonyl (C=O) groups excluding carboxylic acids is 3. The van der Waals surface area contributed by atoms with E-state index in [0.29, 0.717) is 0 Å². The van der Waals surface area contributed by atoms with Crippen molar-refractivity contribution in [3.8, 4) is 0 Å². The van der Waals surface area contributed by atoms with Crippen molar-refractivity contribution >= 4 is 17.8 Å². The molecule has 6 nitrogen and oxygen atoms in total. The maximum atomic E-state index is 12.8. The van der Waals surface area contributed by atoms with Gasteiger partial charge in [-0.3, -0.25) is 14.5 Å². The normalized spacial score (nSPS) is 25.3. The molecular weight excluding hydrogens is 282 g/mol. The largest absolute Gasteiger partial charge is 0.352 e. The van der Waals surface area contributed by atoms with Crippen LogP contribution in [0.3, 0.4) is 0 Å². The summed E-state index contributed by atoms with van der Waals surface area (Å²) in [6, 6.07) is -0.116. The Hall–Kier alpha value is -1.59. The Bertz CT molecular complexity index is 479. The van der Waals surface area contributed by atoms with Gasteiger partial charge < -0.3 is 10.2 Å². The third-order valence-electron chi connectivity index (χ3n) is 5.51. The molecule has 0 bridgehead atoms. The van der Waals surface area contributed by atoms with E-state index in [1.165, 1.54) is 0 Å². The molecular formula is C16H25N3O3. The van der Waals surface area contributed by atoms with E-state index in [-0.39, 0.29) is 30.4 Å². The van der Waals surface area contributed by atoms with Gasteiger partial charge in [0.25, 0.3) is 5.91 Å².